The van der Waals surface area contributed by atoms with E-state index >= 15 is 0 Å². The lowest BCUT2D eigenvalue weighted by atomic mass is 9.81. The zero-order valence-electron chi connectivity index (χ0n) is 14.9. The minimum Gasteiger partial charge on any atom is -0.481 e. The topological polar surface area (TPSA) is 86.7 Å². The van der Waals surface area contributed by atoms with E-state index in [2.05, 4.69) is 5.32 Å². The second-order valence-corrected chi connectivity index (χ2v) is 7.27. The van der Waals surface area contributed by atoms with Gasteiger partial charge in [0.05, 0.1) is 17.2 Å². The number of nitrogens with zero attached hydrogens (tertiary/aromatic N) is 1. The fourth-order valence-corrected chi connectivity index (χ4v) is 3.88. The van der Waals surface area contributed by atoms with Crippen molar-refractivity contribution < 1.29 is 19.5 Å². The number of piperidine rings is 1. The third-order valence-corrected chi connectivity index (χ3v) is 5.51. The molecule has 1 saturated carbocycles. The molecule has 1 heterocycles. The number of carboxylic acid groups (broad SMARTS) is 1. The molecule has 1 aliphatic heterocycles. The largest absolute Gasteiger partial charge is 0.481 e. The van der Waals surface area contributed by atoms with Crippen LogP contribution in [0.1, 0.15) is 55.3 Å². The highest BCUT2D eigenvalue weighted by atomic mass is 16.4. The predicted octanol–water partition coefficient (Wildman–Crippen LogP) is 3.14. The van der Waals surface area contributed by atoms with Gasteiger partial charge in [-0.15, -0.1) is 0 Å². The minimum absolute atomic E-state index is 0.0322. The van der Waals surface area contributed by atoms with Crippen molar-refractivity contribution in [2.75, 3.05) is 18.4 Å². The molecular formula is C20H26N2O4. The molecule has 2 aliphatic rings. The van der Waals surface area contributed by atoms with Crippen LogP contribution in [0.5, 0.6) is 0 Å². The standard InChI is InChI=1S/C20H26N2O4/c23-18(14-8-10-15(11-9-14)20(25)26)21-17-7-3-2-6-16(17)19(24)22-12-4-1-5-13-22/h2-3,6-7,14-15H,1,4-5,8-13H2,(H,21,23)(H,25,26). The zero-order chi connectivity index (χ0) is 18.5. The number of carbonyl (C=O) groups is 3. The van der Waals surface area contributed by atoms with Gasteiger partial charge < -0.3 is 15.3 Å². The van der Waals surface area contributed by atoms with E-state index in [0.29, 0.717) is 36.9 Å². The van der Waals surface area contributed by atoms with E-state index in [1.54, 1.807) is 12.1 Å². The predicted molar refractivity (Wildman–Crippen MR) is 97.9 cm³/mol. The zero-order valence-corrected chi connectivity index (χ0v) is 14.9. The first kappa shape index (κ1) is 18.4. The third-order valence-electron chi connectivity index (χ3n) is 5.51. The van der Waals surface area contributed by atoms with Gasteiger partial charge in [-0.05, 0) is 57.1 Å². The molecule has 140 valence electrons. The summed E-state index contributed by atoms with van der Waals surface area (Å²) < 4.78 is 0. The van der Waals surface area contributed by atoms with Crippen molar-refractivity contribution in [3.8, 4) is 0 Å². The number of anilines is 1. The molecule has 26 heavy (non-hydrogen) atoms. The maximum absolute atomic E-state index is 12.8. The van der Waals surface area contributed by atoms with Crippen LogP contribution in [-0.2, 0) is 9.59 Å². The van der Waals surface area contributed by atoms with Crippen LogP contribution in [0.3, 0.4) is 0 Å². The molecule has 3 rings (SSSR count). The number of nitrogens with one attached hydrogen (secondary N) is 1. The van der Waals surface area contributed by atoms with E-state index < -0.39 is 5.97 Å². The Kier molecular flexibility index (Phi) is 5.91. The number of amides is 2. The molecule has 0 spiro atoms. The van der Waals surface area contributed by atoms with Crippen LogP contribution in [-0.4, -0.2) is 40.9 Å². The highest BCUT2D eigenvalue weighted by Gasteiger charge is 2.30. The summed E-state index contributed by atoms with van der Waals surface area (Å²) >= 11 is 0. The van der Waals surface area contributed by atoms with E-state index in [0.717, 1.165) is 32.4 Å². The second-order valence-electron chi connectivity index (χ2n) is 7.27. The number of benzene rings is 1. The quantitative estimate of drug-likeness (QED) is 0.866. The molecule has 2 N–H and O–H groups in total. The summed E-state index contributed by atoms with van der Waals surface area (Å²) in [4.78, 5) is 38.3. The van der Waals surface area contributed by atoms with Crippen LogP contribution in [0.15, 0.2) is 24.3 Å². The van der Waals surface area contributed by atoms with Gasteiger partial charge in [-0.2, -0.15) is 0 Å². The van der Waals surface area contributed by atoms with Gasteiger partial charge in [-0.3, -0.25) is 14.4 Å². The summed E-state index contributed by atoms with van der Waals surface area (Å²) in [5, 5.41) is 12.0. The highest BCUT2D eigenvalue weighted by molar-refractivity contribution is 6.04. The molecular weight excluding hydrogens is 332 g/mol. The average Bonchev–Trinajstić information content (AvgIpc) is 2.68. The van der Waals surface area contributed by atoms with Gasteiger partial charge in [-0.25, -0.2) is 0 Å². The first-order valence-corrected chi connectivity index (χ1v) is 9.48. The van der Waals surface area contributed by atoms with Crippen molar-refractivity contribution in [2.45, 2.75) is 44.9 Å². The summed E-state index contributed by atoms with van der Waals surface area (Å²) in [6, 6.07) is 7.14. The van der Waals surface area contributed by atoms with Gasteiger partial charge in [0.25, 0.3) is 5.91 Å². The van der Waals surface area contributed by atoms with Gasteiger partial charge in [0, 0.05) is 19.0 Å². The summed E-state index contributed by atoms with van der Waals surface area (Å²) in [5.74, 6) is -1.46. The lowest BCUT2D eigenvalue weighted by Crippen LogP contribution is -2.36. The second kappa shape index (κ2) is 8.34. The third kappa shape index (κ3) is 4.23. The Morgan fingerprint density at radius 1 is 0.923 bits per heavy atom. The molecule has 1 aromatic carbocycles. The van der Waals surface area contributed by atoms with Crippen molar-refractivity contribution in [2.24, 2.45) is 11.8 Å². The maximum atomic E-state index is 12.8. The molecule has 6 nitrogen and oxygen atoms in total. The lowest BCUT2D eigenvalue weighted by Gasteiger charge is -2.28. The maximum Gasteiger partial charge on any atom is 0.306 e. The van der Waals surface area contributed by atoms with E-state index in [9.17, 15) is 14.4 Å². The Morgan fingerprint density at radius 2 is 1.54 bits per heavy atom. The van der Waals surface area contributed by atoms with Crippen molar-refractivity contribution in [1.82, 2.24) is 4.90 Å². The molecule has 2 fully saturated rings. The number of hydrogen-bond acceptors (Lipinski definition) is 3. The molecule has 6 heteroatoms. The van der Waals surface area contributed by atoms with Gasteiger partial charge in [0.2, 0.25) is 5.91 Å². The Morgan fingerprint density at radius 3 is 2.19 bits per heavy atom. The SMILES string of the molecule is O=C(O)C1CCC(C(=O)Nc2ccccc2C(=O)N2CCCCC2)CC1. The Balaban J connectivity index is 1.65. The van der Waals surface area contributed by atoms with E-state index in [4.69, 9.17) is 5.11 Å². The van der Waals surface area contributed by atoms with Crippen LogP contribution in [0.2, 0.25) is 0 Å². The molecule has 0 atom stereocenters. The summed E-state index contributed by atoms with van der Waals surface area (Å²) in [5.41, 5.74) is 1.08. The van der Waals surface area contributed by atoms with Gasteiger partial charge >= 0.3 is 5.97 Å². The molecule has 0 bridgehead atoms. The van der Waals surface area contributed by atoms with Crippen molar-refractivity contribution in [3.63, 3.8) is 0 Å². The lowest BCUT2D eigenvalue weighted by molar-refractivity contribution is -0.143. The molecule has 0 aromatic heterocycles. The number of hydrogen-bond donors (Lipinski definition) is 2. The first-order chi connectivity index (χ1) is 12.6. The molecule has 0 unspecified atom stereocenters. The molecule has 1 saturated heterocycles. The van der Waals surface area contributed by atoms with Crippen molar-refractivity contribution in [3.05, 3.63) is 29.8 Å². The van der Waals surface area contributed by atoms with Gasteiger partial charge in [0.15, 0.2) is 0 Å². The number of para-hydroxylation sites is 1. The molecule has 2 amide bonds. The number of likely N-dealkylation sites (tertiary alicyclic amines) is 1. The van der Waals surface area contributed by atoms with Crippen LogP contribution >= 0.6 is 0 Å². The number of carboxylic acids is 1. The molecule has 1 aliphatic carbocycles. The van der Waals surface area contributed by atoms with E-state index in [1.165, 1.54) is 0 Å². The first-order valence-electron chi connectivity index (χ1n) is 9.48. The normalized spacial score (nSPS) is 23.3. The number of carbonyl (C=O) groups excluding carboxylic acids is 2. The van der Waals surface area contributed by atoms with Gasteiger partial charge in [0.1, 0.15) is 0 Å². The van der Waals surface area contributed by atoms with Crippen LogP contribution < -0.4 is 5.32 Å². The van der Waals surface area contributed by atoms with Crippen molar-refractivity contribution >= 4 is 23.5 Å². The molecule has 1 aromatic rings. The fraction of sp³-hybridized carbons (Fsp3) is 0.550. The summed E-state index contributed by atoms with van der Waals surface area (Å²) in [6.45, 7) is 1.53. The smallest absolute Gasteiger partial charge is 0.306 e. The van der Waals surface area contributed by atoms with Crippen LogP contribution in [0.25, 0.3) is 0 Å². The molecule has 0 radical (unpaired) electrons. The van der Waals surface area contributed by atoms with Crippen LogP contribution in [0, 0.1) is 11.8 Å². The summed E-state index contributed by atoms with van der Waals surface area (Å²) in [6.07, 6.45) is 5.40. The fourth-order valence-electron chi connectivity index (χ4n) is 3.88. The monoisotopic (exact) mass is 358 g/mol. The Bertz CT molecular complexity index is 674. The Labute approximate surface area is 153 Å². The van der Waals surface area contributed by atoms with E-state index in [1.807, 2.05) is 17.0 Å². The van der Waals surface area contributed by atoms with Crippen molar-refractivity contribution in [1.29, 1.82) is 0 Å². The van der Waals surface area contributed by atoms with Gasteiger partial charge in [-0.1, -0.05) is 12.1 Å². The average molecular weight is 358 g/mol. The van der Waals surface area contributed by atoms with Crippen LogP contribution in [0.4, 0.5) is 5.69 Å². The highest BCUT2D eigenvalue weighted by Crippen LogP contribution is 2.30. The number of aliphatic carboxylic acids is 1. The Hall–Kier alpha value is -2.37. The summed E-state index contributed by atoms with van der Waals surface area (Å²) in [7, 11) is 0. The minimum atomic E-state index is -0.777. The number of rotatable bonds is 4. The van der Waals surface area contributed by atoms with E-state index in [-0.39, 0.29) is 23.7 Å².